The standard InChI is InChI=1S/C21H15ClN2OS/c22-17-8-4-7-16(13-17)21(25)24-12-11-18-19(14-24)26-20(23-18)10-9-15-5-2-1-3-6-15/h1-8,13H,11-12,14H2. The highest BCUT2D eigenvalue weighted by atomic mass is 35.5. The van der Waals surface area contributed by atoms with Gasteiger partial charge in [-0.1, -0.05) is 41.8 Å². The highest BCUT2D eigenvalue weighted by Crippen LogP contribution is 2.26. The minimum absolute atomic E-state index is 0.00321. The van der Waals surface area contributed by atoms with Crippen LogP contribution in [0, 0.1) is 11.8 Å². The molecule has 1 aromatic heterocycles. The molecule has 0 saturated carbocycles. The molecule has 0 unspecified atom stereocenters. The third-order valence-corrected chi connectivity index (χ3v) is 5.41. The van der Waals surface area contributed by atoms with Crippen LogP contribution in [0.25, 0.3) is 0 Å². The molecule has 5 heteroatoms. The fourth-order valence-electron chi connectivity index (χ4n) is 2.87. The average molecular weight is 379 g/mol. The van der Waals surface area contributed by atoms with Crippen LogP contribution in [0.2, 0.25) is 5.02 Å². The van der Waals surface area contributed by atoms with Crippen molar-refractivity contribution in [1.82, 2.24) is 9.88 Å². The van der Waals surface area contributed by atoms with Crippen molar-refractivity contribution in [3.63, 3.8) is 0 Å². The van der Waals surface area contributed by atoms with E-state index < -0.39 is 0 Å². The number of hydrogen-bond acceptors (Lipinski definition) is 3. The quantitative estimate of drug-likeness (QED) is 0.588. The third-order valence-electron chi connectivity index (χ3n) is 4.18. The van der Waals surface area contributed by atoms with Crippen LogP contribution in [0.15, 0.2) is 54.6 Å². The van der Waals surface area contributed by atoms with E-state index in [9.17, 15) is 4.79 Å². The van der Waals surface area contributed by atoms with E-state index in [1.807, 2.05) is 35.2 Å². The van der Waals surface area contributed by atoms with E-state index in [4.69, 9.17) is 11.6 Å². The van der Waals surface area contributed by atoms with E-state index in [0.29, 0.717) is 23.7 Å². The lowest BCUT2D eigenvalue weighted by Gasteiger charge is -2.26. The van der Waals surface area contributed by atoms with E-state index in [1.54, 1.807) is 35.6 Å². The Bertz CT molecular complexity index is 1020. The lowest BCUT2D eigenvalue weighted by Crippen LogP contribution is -2.35. The van der Waals surface area contributed by atoms with Gasteiger partial charge >= 0.3 is 0 Å². The van der Waals surface area contributed by atoms with E-state index in [1.165, 1.54) is 0 Å². The summed E-state index contributed by atoms with van der Waals surface area (Å²) in [5.41, 5.74) is 2.65. The second-order valence-corrected chi connectivity index (χ2v) is 7.51. The van der Waals surface area contributed by atoms with Gasteiger partial charge in [0.2, 0.25) is 0 Å². The first kappa shape index (κ1) is 16.8. The van der Waals surface area contributed by atoms with Crippen molar-refractivity contribution in [2.45, 2.75) is 13.0 Å². The predicted molar refractivity (Wildman–Crippen MR) is 104 cm³/mol. The summed E-state index contributed by atoms with van der Waals surface area (Å²) < 4.78 is 0. The van der Waals surface area contributed by atoms with Crippen LogP contribution in [0.3, 0.4) is 0 Å². The molecule has 0 fully saturated rings. The summed E-state index contributed by atoms with van der Waals surface area (Å²) in [6.45, 7) is 1.24. The van der Waals surface area contributed by atoms with Crippen molar-refractivity contribution in [2.75, 3.05) is 6.54 Å². The predicted octanol–water partition coefficient (Wildman–Crippen LogP) is 4.39. The molecule has 0 radical (unpaired) electrons. The normalized spacial score (nSPS) is 12.9. The first-order valence-corrected chi connectivity index (χ1v) is 9.49. The molecule has 0 atom stereocenters. The molecule has 0 bridgehead atoms. The number of halogens is 1. The molecule has 2 heterocycles. The molecule has 3 aromatic rings. The SMILES string of the molecule is O=C(c1cccc(Cl)c1)N1CCc2nc(C#Cc3ccccc3)sc2C1. The Morgan fingerprint density at radius 1 is 1.12 bits per heavy atom. The maximum absolute atomic E-state index is 12.7. The summed E-state index contributed by atoms with van der Waals surface area (Å²) in [5, 5.41) is 1.38. The van der Waals surface area contributed by atoms with Gasteiger partial charge in [-0.05, 0) is 36.3 Å². The molecule has 0 aliphatic carbocycles. The Labute approximate surface area is 161 Å². The molecule has 2 aromatic carbocycles. The van der Waals surface area contributed by atoms with Crippen molar-refractivity contribution in [2.24, 2.45) is 0 Å². The molecule has 1 aliphatic heterocycles. The average Bonchev–Trinajstić information content (AvgIpc) is 3.08. The molecule has 0 N–H and O–H groups in total. The van der Waals surface area contributed by atoms with Gasteiger partial charge < -0.3 is 4.90 Å². The largest absolute Gasteiger partial charge is 0.333 e. The van der Waals surface area contributed by atoms with Gasteiger partial charge in [-0.3, -0.25) is 4.79 Å². The second kappa shape index (κ2) is 7.33. The maximum Gasteiger partial charge on any atom is 0.254 e. The highest BCUT2D eigenvalue weighted by Gasteiger charge is 2.24. The van der Waals surface area contributed by atoms with E-state index in [2.05, 4.69) is 16.8 Å². The molecule has 3 nitrogen and oxygen atoms in total. The molecule has 0 saturated heterocycles. The molecule has 4 rings (SSSR count). The number of carbonyl (C=O) groups is 1. The van der Waals surface area contributed by atoms with Crippen LogP contribution < -0.4 is 0 Å². The fourth-order valence-corrected chi connectivity index (χ4v) is 4.04. The monoisotopic (exact) mass is 378 g/mol. The Morgan fingerprint density at radius 3 is 2.77 bits per heavy atom. The van der Waals surface area contributed by atoms with Crippen LogP contribution in [0.4, 0.5) is 0 Å². The van der Waals surface area contributed by atoms with Crippen LogP contribution in [-0.4, -0.2) is 22.3 Å². The first-order valence-electron chi connectivity index (χ1n) is 8.29. The minimum Gasteiger partial charge on any atom is -0.333 e. The Morgan fingerprint density at radius 2 is 1.96 bits per heavy atom. The zero-order chi connectivity index (χ0) is 17.9. The van der Waals surface area contributed by atoms with Crippen LogP contribution >= 0.6 is 22.9 Å². The number of nitrogens with zero attached hydrogens (tertiary/aromatic N) is 2. The van der Waals surface area contributed by atoms with Gasteiger partial charge in [-0.15, -0.1) is 11.3 Å². The molecule has 128 valence electrons. The first-order chi connectivity index (χ1) is 12.7. The third kappa shape index (κ3) is 3.65. The summed E-state index contributed by atoms with van der Waals surface area (Å²) in [6.07, 6.45) is 0.755. The van der Waals surface area contributed by atoms with Crippen LogP contribution in [0.5, 0.6) is 0 Å². The summed E-state index contributed by atoms with van der Waals surface area (Å²) in [4.78, 5) is 20.3. The van der Waals surface area contributed by atoms with E-state index in [0.717, 1.165) is 27.6 Å². The number of rotatable bonds is 1. The number of fused-ring (bicyclic) bond motifs is 1. The van der Waals surface area contributed by atoms with Crippen LogP contribution in [-0.2, 0) is 13.0 Å². The Kier molecular flexibility index (Phi) is 4.75. The molecular weight excluding hydrogens is 364 g/mol. The number of aromatic nitrogens is 1. The summed E-state index contributed by atoms with van der Waals surface area (Å²) >= 11 is 7.57. The maximum atomic E-state index is 12.7. The zero-order valence-electron chi connectivity index (χ0n) is 13.9. The Balaban J connectivity index is 1.52. The van der Waals surface area contributed by atoms with Gasteiger partial charge in [0, 0.05) is 34.0 Å². The number of carbonyl (C=O) groups excluding carboxylic acids is 1. The number of thiazole rings is 1. The number of amides is 1. The molecule has 1 amide bonds. The fraction of sp³-hybridized carbons (Fsp3) is 0.143. The van der Waals surface area contributed by atoms with Crippen molar-refractivity contribution >= 4 is 28.8 Å². The lowest BCUT2D eigenvalue weighted by atomic mass is 10.1. The summed E-state index contributed by atoms with van der Waals surface area (Å²) in [7, 11) is 0. The minimum atomic E-state index is 0.00321. The van der Waals surface area contributed by atoms with Crippen molar-refractivity contribution in [1.29, 1.82) is 0 Å². The summed E-state index contributed by atoms with van der Waals surface area (Å²) in [5.74, 6) is 6.28. The zero-order valence-corrected chi connectivity index (χ0v) is 15.5. The molecular formula is C21H15ClN2OS. The lowest BCUT2D eigenvalue weighted by molar-refractivity contribution is 0.0736. The van der Waals surface area contributed by atoms with Gasteiger partial charge in [0.1, 0.15) is 0 Å². The number of hydrogen-bond donors (Lipinski definition) is 0. The Hall–Kier alpha value is -2.61. The molecule has 1 aliphatic rings. The van der Waals surface area contributed by atoms with Crippen molar-refractivity contribution in [3.8, 4) is 11.8 Å². The molecule has 26 heavy (non-hydrogen) atoms. The second-order valence-electron chi connectivity index (χ2n) is 5.99. The summed E-state index contributed by atoms with van der Waals surface area (Å²) in [6, 6.07) is 16.9. The smallest absolute Gasteiger partial charge is 0.254 e. The topological polar surface area (TPSA) is 33.2 Å². The number of benzene rings is 2. The van der Waals surface area contributed by atoms with Gasteiger partial charge in [0.25, 0.3) is 5.91 Å². The van der Waals surface area contributed by atoms with E-state index in [-0.39, 0.29) is 5.91 Å². The van der Waals surface area contributed by atoms with Gasteiger partial charge in [0.05, 0.1) is 12.2 Å². The van der Waals surface area contributed by atoms with Gasteiger partial charge in [-0.25, -0.2) is 4.98 Å². The van der Waals surface area contributed by atoms with E-state index >= 15 is 0 Å². The van der Waals surface area contributed by atoms with Gasteiger partial charge in [0.15, 0.2) is 5.01 Å². The van der Waals surface area contributed by atoms with Crippen molar-refractivity contribution < 1.29 is 4.79 Å². The van der Waals surface area contributed by atoms with Gasteiger partial charge in [-0.2, -0.15) is 0 Å². The van der Waals surface area contributed by atoms with Crippen molar-refractivity contribution in [3.05, 3.63) is 86.3 Å². The van der Waals surface area contributed by atoms with Crippen LogP contribution in [0.1, 0.15) is 31.5 Å². The molecule has 0 spiro atoms. The highest BCUT2D eigenvalue weighted by molar-refractivity contribution is 7.12.